The van der Waals surface area contributed by atoms with E-state index in [9.17, 15) is 0 Å². The van der Waals surface area contributed by atoms with Gasteiger partial charge >= 0.3 is 0 Å². The number of anilines is 1. The highest BCUT2D eigenvalue weighted by Gasteiger charge is 2.22. The Balaban J connectivity index is 1.79. The summed E-state index contributed by atoms with van der Waals surface area (Å²) in [5, 5.41) is 4.62. The normalized spacial score (nSPS) is 20.8. The Bertz CT molecular complexity index is 563. The topological polar surface area (TPSA) is 37.3 Å². The lowest BCUT2D eigenvalue weighted by atomic mass is 9.82. The summed E-state index contributed by atoms with van der Waals surface area (Å²) in [4.78, 5) is 4.24. The molecule has 1 aliphatic carbocycles. The van der Waals surface area contributed by atoms with Crippen LogP contribution in [0.2, 0.25) is 0 Å². The molecule has 20 heavy (non-hydrogen) atoms. The van der Waals surface area contributed by atoms with Gasteiger partial charge in [0.15, 0.2) is 0 Å². The lowest BCUT2D eigenvalue weighted by Gasteiger charge is -2.24. The summed E-state index contributed by atoms with van der Waals surface area (Å²) in [5.41, 5.74) is 5.70. The highest BCUT2D eigenvalue weighted by atomic mass is 15.3. The molecule has 0 saturated heterocycles. The van der Waals surface area contributed by atoms with Crippen molar-refractivity contribution < 1.29 is 0 Å². The zero-order valence-electron chi connectivity index (χ0n) is 11.5. The van der Waals surface area contributed by atoms with E-state index in [0.717, 1.165) is 12.2 Å². The largest absolute Gasteiger partial charge is 0.261 e. The molecular weight excluding hydrogens is 246 g/mol. The molecule has 102 valence electrons. The van der Waals surface area contributed by atoms with Crippen LogP contribution in [0.5, 0.6) is 0 Å². The molecule has 0 bridgehead atoms. The second-order valence-electron chi connectivity index (χ2n) is 5.14. The third kappa shape index (κ3) is 3.05. The summed E-state index contributed by atoms with van der Waals surface area (Å²) in [5.74, 6) is 1.25. The molecule has 3 heteroatoms. The number of aromatic nitrogens is 1. The van der Waals surface area contributed by atoms with Crippen LogP contribution in [0, 0.1) is 0 Å². The van der Waals surface area contributed by atoms with E-state index in [2.05, 4.69) is 45.8 Å². The van der Waals surface area contributed by atoms with E-state index in [0.29, 0.717) is 5.92 Å². The molecule has 2 aromatic rings. The van der Waals surface area contributed by atoms with Crippen LogP contribution in [0.1, 0.15) is 37.2 Å². The van der Waals surface area contributed by atoms with Crippen molar-refractivity contribution in [2.24, 2.45) is 5.10 Å². The summed E-state index contributed by atoms with van der Waals surface area (Å²) in [6, 6.07) is 16.5. The molecule has 1 heterocycles. The van der Waals surface area contributed by atoms with Crippen LogP contribution in [0.4, 0.5) is 5.82 Å². The van der Waals surface area contributed by atoms with Gasteiger partial charge in [-0.2, -0.15) is 5.10 Å². The SMILES string of the molecule is c1ccc([C@@H]2CCCC/C2=N/Nc2ccccn2)cc1. The third-order valence-electron chi connectivity index (χ3n) is 3.76. The van der Waals surface area contributed by atoms with Crippen molar-refractivity contribution in [3.63, 3.8) is 0 Å². The van der Waals surface area contributed by atoms with Gasteiger partial charge in [0.1, 0.15) is 5.82 Å². The molecule has 0 radical (unpaired) electrons. The molecule has 1 N–H and O–H groups in total. The number of hydrazone groups is 1. The summed E-state index contributed by atoms with van der Waals surface area (Å²) in [6.45, 7) is 0. The fourth-order valence-corrected chi connectivity index (χ4v) is 2.73. The van der Waals surface area contributed by atoms with Crippen LogP contribution in [-0.2, 0) is 0 Å². The standard InChI is InChI=1S/C17H19N3/c1-2-8-14(9-3-1)15-10-4-5-11-16(15)19-20-17-12-6-7-13-18-17/h1-3,6-9,12-13,15H,4-5,10-11H2,(H,18,20)/b19-16-/t15-/m0/s1. The molecule has 0 amide bonds. The minimum Gasteiger partial charge on any atom is -0.261 e. The maximum Gasteiger partial charge on any atom is 0.146 e. The highest BCUT2D eigenvalue weighted by molar-refractivity contribution is 5.92. The van der Waals surface area contributed by atoms with Crippen LogP contribution >= 0.6 is 0 Å². The van der Waals surface area contributed by atoms with Crippen LogP contribution in [-0.4, -0.2) is 10.7 Å². The molecule has 1 aromatic carbocycles. The van der Waals surface area contributed by atoms with Gasteiger partial charge in [-0.05, 0) is 37.0 Å². The number of nitrogens with zero attached hydrogens (tertiary/aromatic N) is 2. The zero-order chi connectivity index (χ0) is 13.6. The van der Waals surface area contributed by atoms with Gasteiger partial charge < -0.3 is 0 Å². The monoisotopic (exact) mass is 265 g/mol. The van der Waals surface area contributed by atoms with Crippen molar-refractivity contribution in [1.82, 2.24) is 4.98 Å². The lowest BCUT2D eigenvalue weighted by Crippen LogP contribution is -2.19. The minimum atomic E-state index is 0.446. The Morgan fingerprint density at radius 2 is 1.85 bits per heavy atom. The van der Waals surface area contributed by atoms with Crippen LogP contribution in [0.3, 0.4) is 0 Å². The quantitative estimate of drug-likeness (QED) is 0.844. The molecule has 1 saturated carbocycles. The minimum absolute atomic E-state index is 0.446. The van der Waals surface area contributed by atoms with Gasteiger partial charge in [0.05, 0.1) is 0 Å². The van der Waals surface area contributed by atoms with Gasteiger partial charge in [-0.1, -0.05) is 42.8 Å². The lowest BCUT2D eigenvalue weighted by molar-refractivity contribution is 0.612. The van der Waals surface area contributed by atoms with E-state index in [1.807, 2.05) is 18.2 Å². The Kier molecular flexibility index (Phi) is 4.07. The van der Waals surface area contributed by atoms with Gasteiger partial charge in [-0.15, -0.1) is 0 Å². The highest BCUT2D eigenvalue weighted by Crippen LogP contribution is 2.30. The Labute approximate surface area is 119 Å². The summed E-state index contributed by atoms with van der Waals surface area (Å²) in [6.07, 6.45) is 6.54. The first-order valence-electron chi connectivity index (χ1n) is 7.22. The molecule has 0 aliphatic heterocycles. The van der Waals surface area contributed by atoms with Gasteiger partial charge in [0.2, 0.25) is 0 Å². The average molecular weight is 265 g/mol. The van der Waals surface area contributed by atoms with E-state index in [1.54, 1.807) is 6.20 Å². The molecule has 0 unspecified atom stereocenters. The Hall–Kier alpha value is -2.16. The molecule has 0 spiro atoms. The van der Waals surface area contributed by atoms with Crippen molar-refractivity contribution >= 4 is 11.5 Å². The number of hydrogen-bond donors (Lipinski definition) is 1. The van der Waals surface area contributed by atoms with Crippen molar-refractivity contribution in [1.29, 1.82) is 0 Å². The number of nitrogens with one attached hydrogen (secondary N) is 1. The van der Waals surface area contributed by atoms with Crippen molar-refractivity contribution in [2.45, 2.75) is 31.6 Å². The summed E-state index contributed by atoms with van der Waals surface area (Å²) >= 11 is 0. The number of hydrogen-bond acceptors (Lipinski definition) is 3. The van der Waals surface area contributed by atoms with Gasteiger partial charge in [0, 0.05) is 17.8 Å². The number of benzene rings is 1. The Morgan fingerprint density at radius 1 is 1.00 bits per heavy atom. The predicted octanol–water partition coefficient (Wildman–Crippen LogP) is 4.21. The Morgan fingerprint density at radius 3 is 2.65 bits per heavy atom. The molecule has 1 atom stereocenters. The third-order valence-corrected chi connectivity index (χ3v) is 3.76. The molecule has 1 aromatic heterocycles. The first-order valence-corrected chi connectivity index (χ1v) is 7.22. The first kappa shape index (κ1) is 12.9. The van der Waals surface area contributed by atoms with Crippen LogP contribution in [0.25, 0.3) is 0 Å². The van der Waals surface area contributed by atoms with Gasteiger partial charge in [0.25, 0.3) is 0 Å². The van der Waals surface area contributed by atoms with Crippen LogP contribution < -0.4 is 5.43 Å². The molecule has 1 fully saturated rings. The van der Waals surface area contributed by atoms with Crippen molar-refractivity contribution in [3.05, 3.63) is 60.3 Å². The van der Waals surface area contributed by atoms with Gasteiger partial charge in [-0.3, -0.25) is 5.43 Å². The van der Waals surface area contributed by atoms with Crippen LogP contribution in [0.15, 0.2) is 59.8 Å². The van der Waals surface area contributed by atoms with E-state index in [4.69, 9.17) is 0 Å². The zero-order valence-corrected chi connectivity index (χ0v) is 11.5. The second-order valence-corrected chi connectivity index (χ2v) is 5.14. The summed E-state index contributed by atoms with van der Waals surface area (Å²) < 4.78 is 0. The molecule has 3 nitrogen and oxygen atoms in total. The molecular formula is C17H19N3. The van der Waals surface area contributed by atoms with Gasteiger partial charge in [-0.25, -0.2) is 4.98 Å². The van der Waals surface area contributed by atoms with E-state index in [-0.39, 0.29) is 0 Å². The first-order chi connectivity index (χ1) is 9.93. The fourth-order valence-electron chi connectivity index (χ4n) is 2.73. The van der Waals surface area contributed by atoms with Crippen molar-refractivity contribution in [3.8, 4) is 0 Å². The van der Waals surface area contributed by atoms with E-state index < -0.39 is 0 Å². The summed E-state index contributed by atoms with van der Waals surface area (Å²) in [7, 11) is 0. The number of pyridine rings is 1. The fraction of sp³-hybridized carbons (Fsp3) is 0.294. The maximum atomic E-state index is 4.62. The second kappa shape index (κ2) is 6.33. The van der Waals surface area contributed by atoms with E-state index >= 15 is 0 Å². The van der Waals surface area contributed by atoms with E-state index in [1.165, 1.54) is 30.5 Å². The predicted molar refractivity (Wildman–Crippen MR) is 82.9 cm³/mol. The maximum absolute atomic E-state index is 4.62. The molecule has 3 rings (SSSR count). The molecule has 1 aliphatic rings. The van der Waals surface area contributed by atoms with Crippen molar-refractivity contribution in [2.75, 3.05) is 5.43 Å². The number of rotatable bonds is 3. The average Bonchev–Trinajstić information content (AvgIpc) is 2.55. The smallest absolute Gasteiger partial charge is 0.146 e.